The van der Waals surface area contributed by atoms with Crippen LogP contribution in [0.25, 0.3) is 0 Å². The summed E-state index contributed by atoms with van der Waals surface area (Å²) in [5, 5.41) is 0. The second kappa shape index (κ2) is 5.38. The average Bonchev–Trinajstić information content (AvgIpc) is 2.56. The van der Waals surface area contributed by atoms with E-state index in [9.17, 15) is 9.59 Å². The average molecular weight is 240 g/mol. The van der Waals surface area contributed by atoms with E-state index in [0.29, 0.717) is 0 Å². The summed E-state index contributed by atoms with van der Waals surface area (Å²) in [5.41, 5.74) is 5.92. The van der Waals surface area contributed by atoms with Crippen LogP contribution in [-0.2, 0) is 16.5 Å². The van der Waals surface area contributed by atoms with Crippen molar-refractivity contribution in [3.05, 3.63) is 17.3 Å². The van der Waals surface area contributed by atoms with Crippen LogP contribution in [0.2, 0.25) is 0 Å². The lowest BCUT2D eigenvalue weighted by molar-refractivity contribution is 0.0481. The Morgan fingerprint density at radius 1 is 1.24 bits per heavy atom. The minimum Gasteiger partial charge on any atom is -0.462 e. The number of ether oxygens (including phenoxy) is 2. The van der Waals surface area contributed by atoms with Gasteiger partial charge in [0, 0.05) is 13.2 Å². The molecule has 6 heteroatoms. The van der Waals surface area contributed by atoms with Crippen LogP contribution in [0.15, 0.2) is 6.20 Å². The van der Waals surface area contributed by atoms with Crippen molar-refractivity contribution in [2.45, 2.75) is 13.8 Å². The maximum atomic E-state index is 11.7. The Morgan fingerprint density at radius 3 is 2.29 bits per heavy atom. The zero-order valence-electron chi connectivity index (χ0n) is 10.1. The van der Waals surface area contributed by atoms with E-state index in [2.05, 4.69) is 0 Å². The molecule has 17 heavy (non-hydrogen) atoms. The first-order chi connectivity index (χ1) is 8.02. The number of nitrogen functional groups attached to an aromatic ring is 1. The third-order valence-electron chi connectivity index (χ3n) is 2.20. The predicted octanol–water partition coefficient (Wildman–Crippen LogP) is 0.961. The molecule has 0 atom stereocenters. The van der Waals surface area contributed by atoms with Crippen molar-refractivity contribution in [1.82, 2.24) is 4.57 Å². The maximum absolute atomic E-state index is 11.7. The van der Waals surface area contributed by atoms with E-state index in [1.165, 1.54) is 10.8 Å². The number of carbonyl (C=O) groups is 2. The van der Waals surface area contributed by atoms with Crippen LogP contribution in [-0.4, -0.2) is 29.7 Å². The first-order valence-electron chi connectivity index (χ1n) is 5.31. The molecule has 0 spiro atoms. The number of hydrogen-bond donors (Lipinski definition) is 1. The molecule has 1 heterocycles. The lowest BCUT2D eigenvalue weighted by Crippen LogP contribution is -2.13. The van der Waals surface area contributed by atoms with Crippen LogP contribution >= 0.6 is 0 Å². The molecule has 0 bridgehead atoms. The molecule has 0 amide bonds. The van der Waals surface area contributed by atoms with E-state index in [1.54, 1.807) is 20.9 Å². The van der Waals surface area contributed by atoms with Gasteiger partial charge in [0.05, 0.1) is 18.8 Å². The monoisotopic (exact) mass is 240 g/mol. The molecule has 0 aromatic carbocycles. The molecular weight excluding hydrogens is 224 g/mol. The Kier molecular flexibility index (Phi) is 4.14. The quantitative estimate of drug-likeness (QED) is 0.792. The van der Waals surface area contributed by atoms with Crippen LogP contribution in [0, 0.1) is 0 Å². The Hall–Kier alpha value is -1.98. The number of anilines is 1. The lowest BCUT2D eigenvalue weighted by Gasteiger charge is -2.04. The molecule has 0 aliphatic rings. The summed E-state index contributed by atoms with van der Waals surface area (Å²) in [6.45, 7) is 3.82. The molecule has 6 nitrogen and oxygen atoms in total. The number of aryl methyl sites for hydroxylation is 1. The van der Waals surface area contributed by atoms with Gasteiger partial charge in [-0.25, -0.2) is 9.59 Å². The number of aromatic nitrogens is 1. The van der Waals surface area contributed by atoms with Gasteiger partial charge in [0.15, 0.2) is 0 Å². The maximum Gasteiger partial charge on any atom is 0.342 e. The lowest BCUT2D eigenvalue weighted by atomic mass is 10.2. The van der Waals surface area contributed by atoms with Crippen LogP contribution in [0.3, 0.4) is 0 Å². The van der Waals surface area contributed by atoms with Crippen molar-refractivity contribution in [2.24, 2.45) is 7.05 Å². The number of hydrogen-bond acceptors (Lipinski definition) is 5. The van der Waals surface area contributed by atoms with E-state index < -0.39 is 11.9 Å². The van der Waals surface area contributed by atoms with Gasteiger partial charge in [0.1, 0.15) is 11.4 Å². The molecule has 0 saturated carbocycles. The summed E-state index contributed by atoms with van der Waals surface area (Å²) >= 11 is 0. The summed E-state index contributed by atoms with van der Waals surface area (Å²) in [6, 6.07) is 0. The fourth-order valence-electron chi connectivity index (χ4n) is 1.42. The summed E-state index contributed by atoms with van der Waals surface area (Å²) in [5.74, 6) is -1.01. The van der Waals surface area contributed by atoms with Crippen molar-refractivity contribution in [1.29, 1.82) is 0 Å². The zero-order valence-corrected chi connectivity index (χ0v) is 10.1. The second-order valence-electron chi connectivity index (χ2n) is 3.35. The molecule has 1 rings (SSSR count). The van der Waals surface area contributed by atoms with Gasteiger partial charge in [-0.2, -0.15) is 0 Å². The van der Waals surface area contributed by atoms with E-state index in [1.807, 2.05) is 0 Å². The molecule has 0 aliphatic heterocycles. The largest absolute Gasteiger partial charge is 0.462 e. The standard InChI is InChI=1S/C11H16N2O4/c1-4-16-10(14)7-6-13(3)9(12)8(7)11(15)17-5-2/h6H,4-5,12H2,1-3H3. The predicted molar refractivity (Wildman–Crippen MR) is 61.7 cm³/mol. The first-order valence-corrected chi connectivity index (χ1v) is 5.31. The van der Waals surface area contributed by atoms with Crippen molar-refractivity contribution in [3.63, 3.8) is 0 Å². The number of nitrogens with zero attached hydrogens (tertiary/aromatic N) is 1. The van der Waals surface area contributed by atoms with Crippen LogP contribution in [0.4, 0.5) is 5.82 Å². The molecule has 1 aromatic heterocycles. The smallest absolute Gasteiger partial charge is 0.342 e. The highest BCUT2D eigenvalue weighted by atomic mass is 16.5. The Labute approximate surface area is 99.3 Å². The van der Waals surface area contributed by atoms with E-state index in [-0.39, 0.29) is 30.2 Å². The minimum atomic E-state index is -0.617. The molecule has 0 fully saturated rings. The Bertz CT molecular complexity index is 437. The van der Waals surface area contributed by atoms with Crippen molar-refractivity contribution in [2.75, 3.05) is 18.9 Å². The summed E-state index contributed by atoms with van der Waals surface area (Å²) in [6.07, 6.45) is 1.46. The summed E-state index contributed by atoms with van der Waals surface area (Å²) < 4.78 is 11.2. The third-order valence-corrected chi connectivity index (χ3v) is 2.20. The number of rotatable bonds is 4. The highest BCUT2D eigenvalue weighted by molar-refractivity contribution is 6.06. The van der Waals surface area contributed by atoms with Gasteiger partial charge in [-0.05, 0) is 13.8 Å². The molecule has 94 valence electrons. The van der Waals surface area contributed by atoms with Gasteiger partial charge in [-0.1, -0.05) is 0 Å². The zero-order chi connectivity index (χ0) is 13.0. The topological polar surface area (TPSA) is 83.5 Å². The molecule has 2 N–H and O–H groups in total. The van der Waals surface area contributed by atoms with Gasteiger partial charge in [0.25, 0.3) is 0 Å². The fraction of sp³-hybridized carbons (Fsp3) is 0.455. The SMILES string of the molecule is CCOC(=O)c1cn(C)c(N)c1C(=O)OCC. The van der Waals surface area contributed by atoms with Crippen LogP contribution in [0.1, 0.15) is 34.6 Å². The second-order valence-corrected chi connectivity index (χ2v) is 3.35. The number of nitrogens with two attached hydrogens (primary N) is 1. The van der Waals surface area contributed by atoms with E-state index in [0.717, 1.165) is 0 Å². The number of esters is 2. The highest BCUT2D eigenvalue weighted by Crippen LogP contribution is 2.21. The fourth-order valence-corrected chi connectivity index (χ4v) is 1.42. The van der Waals surface area contributed by atoms with Gasteiger partial charge < -0.3 is 19.8 Å². The Morgan fingerprint density at radius 2 is 1.76 bits per heavy atom. The molecule has 1 aromatic rings. The molecule has 0 saturated heterocycles. The van der Waals surface area contributed by atoms with Gasteiger partial charge >= 0.3 is 11.9 Å². The van der Waals surface area contributed by atoms with Gasteiger partial charge in [0.2, 0.25) is 0 Å². The van der Waals surface area contributed by atoms with Gasteiger partial charge in [-0.3, -0.25) is 0 Å². The normalized spacial score (nSPS) is 10.1. The minimum absolute atomic E-state index is 0.0628. The molecule has 0 radical (unpaired) electrons. The molecule has 0 unspecified atom stereocenters. The summed E-state index contributed by atoms with van der Waals surface area (Å²) in [7, 11) is 1.64. The summed E-state index contributed by atoms with van der Waals surface area (Å²) in [4.78, 5) is 23.3. The number of carbonyl (C=O) groups excluding carboxylic acids is 2. The van der Waals surface area contributed by atoms with E-state index >= 15 is 0 Å². The Balaban J connectivity index is 3.17. The van der Waals surface area contributed by atoms with E-state index in [4.69, 9.17) is 15.2 Å². The van der Waals surface area contributed by atoms with Crippen molar-refractivity contribution >= 4 is 17.8 Å². The van der Waals surface area contributed by atoms with Crippen LogP contribution < -0.4 is 5.73 Å². The third kappa shape index (κ3) is 2.58. The molecular formula is C11H16N2O4. The first kappa shape index (κ1) is 13.1. The van der Waals surface area contributed by atoms with Crippen molar-refractivity contribution in [3.8, 4) is 0 Å². The van der Waals surface area contributed by atoms with Crippen molar-refractivity contribution < 1.29 is 19.1 Å². The highest BCUT2D eigenvalue weighted by Gasteiger charge is 2.25. The van der Waals surface area contributed by atoms with Gasteiger partial charge in [-0.15, -0.1) is 0 Å². The van der Waals surface area contributed by atoms with Crippen LogP contribution in [0.5, 0.6) is 0 Å². The molecule has 0 aliphatic carbocycles.